The predicted molar refractivity (Wildman–Crippen MR) is 77.3 cm³/mol. The summed E-state index contributed by atoms with van der Waals surface area (Å²) in [6.45, 7) is 6.13. The first kappa shape index (κ1) is 11.9. The highest BCUT2D eigenvalue weighted by Crippen LogP contribution is 2.19. The molecule has 0 saturated carbocycles. The van der Waals surface area contributed by atoms with Gasteiger partial charge in [-0.15, -0.1) is 0 Å². The van der Waals surface area contributed by atoms with Crippen LogP contribution in [0.4, 0.5) is 11.4 Å². The number of hydrogen-bond donors (Lipinski definition) is 1. The normalized spacial score (nSPS) is 15.3. The molecule has 0 atom stereocenters. The summed E-state index contributed by atoms with van der Waals surface area (Å²) in [7, 11) is 0. The highest BCUT2D eigenvalue weighted by atomic mass is 15.1. The van der Waals surface area contributed by atoms with E-state index in [2.05, 4.69) is 40.4 Å². The average molecular weight is 251 g/mol. The molecule has 1 N–H and O–H groups in total. The third kappa shape index (κ3) is 2.36. The molecule has 0 spiro atoms. The molecule has 2 aromatic carbocycles. The zero-order valence-corrected chi connectivity index (χ0v) is 11.4. The van der Waals surface area contributed by atoms with Crippen LogP contribution in [0.1, 0.15) is 19.4 Å². The van der Waals surface area contributed by atoms with E-state index in [1.807, 2.05) is 38.1 Å². The molecule has 0 fully saturated rings. The molecule has 19 heavy (non-hydrogen) atoms. The predicted octanol–water partition coefficient (Wildman–Crippen LogP) is 2.73. The molecule has 2 aromatic rings. The summed E-state index contributed by atoms with van der Waals surface area (Å²) in [5.41, 5.74) is 3.06. The van der Waals surface area contributed by atoms with Gasteiger partial charge in [-0.25, -0.2) is 0 Å². The largest absolute Gasteiger partial charge is 0.355 e. The van der Waals surface area contributed by atoms with Crippen LogP contribution in [0.15, 0.2) is 52.4 Å². The summed E-state index contributed by atoms with van der Waals surface area (Å²) in [6, 6.07) is 14.4. The molecule has 0 unspecified atom stereocenters. The number of nitrogens with one attached hydrogen (secondary N) is 1. The van der Waals surface area contributed by atoms with Crippen molar-refractivity contribution in [2.24, 2.45) is 9.98 Å². The van der Waals surface area contributed by atoms with E-state index in [1.54, 1.807) is 0 Å². The Hall–Kier alpha value is -2.16. The molecule has 0 radical (unpaired) electrons. The first-order valence-corrected chi connectivity index (χ1v) is 6.46. The van der Waals surface area contributed by atoms with Crippen molar-refractivity contribution in [2.45, 2.75) is 26.4 Å². The van der Waals surface area contributed by atoms with E-state index in [-0.39, 0.29) is 5.66 Å². The summed E-state index contributed by atoms with van der Waals surface area (Å²) in [5, 5.41) is 5.36. The van der Waals surface area contributed by atoms with Gasteiger partial charge >= 0.3 is 0 Å². The Morgan fingerprint density at radius 3 is 2.47 bits per heavy atom. The second-order valence-electron chi connectivity index (χ2n) is 5.36. The highest BCUT2D eigenvalue weighted by Gasteiger charge is 2.17. The Labute approximate surface area is 112 Å². The van der Waals surface area contributed by atoms with E-state index < -0.39 is 0 Å². The van der Waals surface area contributed by atoms with Crippen LogP contribution in [-0.2, 0) is 0 Å². The number of nitrogens with zero attached hydrogens (tertiary/aromatic N) is 2. The molecule has 0 aromatic heterocycles. The number of benzene rings is 2. The summed E-state index contributed by atoms with van der Waals surface area (Å²) in [5.74, 6) is 0. The molecule has 0 aliphatic carbocycles. The molecule has 1 heterocycles. The van der Waals surface area contributed by atoms with Crippen molar-refractivity contribution in [2.75, 3.05) is 5.32 Å². The molecular weight excluding hydrogens is 234 g/mol. The van der Waals surface area contributed by atoms with Crippen molar-refractivity contribution in [3.63, 3.8) is 0 Å². The van der Waals surface area contributed by atoms with Crippen LogP contribution in [0.3, 0.4) is 0 Å². The maximum Gasteiger partial charge on any atom is 0.146 e. The van der Waals surface area contributed by atoms with Gasteiger partial charge in [0.2, 0.25) is 0 Å². The van der Waals surface area contributed by atoms with Gasteiger partial charge in [-0.1, -0.05) is 18.2 Å². The lowest BCUT2D eigenvalue weighted by atomic mass is 10.2. The third-order valence-electron chi connectivity index (χ3n) is 3.19. The van der Waals surface area contributed by atoms with Crippen LogP contribution >= 0.6 is 0 Å². The lowest BCUT2D eigenvalue weighted by Crippen LogP contribution is -2.21. The minimum absolute atomic E-state index is 0.330. The lowest BCUT2D eigenvalue weighted by Gasteiger charge is -2.08. The van der Waals surface area contributed by atoms with Crippen LogP contribution in [0.5, 0.6) is 0 Å². The molecule has 0 saturated heterocycles. The van der Waals surface area contributed by atoms with Gasteiger partial charge in [0.15, 0.2) is 0 Å². The second kappa shape index (κ2) is 4.19. The van der Waals surface area contributed by atoms with Gasteiger partial charge in [0, 0.05) is 11.4 Å². The van der Waals surface area contributed by atoms with Gasteiger partial charge in [-0.05, 0) is 50.6 Å². The van der Waals surface area contributed by atoms with Crippen molar-refractivity contribution in [3.8, 4) is 0 Å². The quantitative estimate of drug-likeness (QED) is 0.875. The monoisotopic (exact) mass is 251 g/mol. The van der Waals surface area contributed by atoms with E-state index in [1.165, 1.54) is 5.56 Å². The van der Waals surface area contributed by atoms with Crippen LogP contribution in [0.2, 0.25) is 0 Å². The van der Waals surface area contributed by atoms with E-state index in [0.29, 0.717) is 0 Å². The number of rotatable bonds is 2. The molecule has 3 heteroatoms. The second-order valence-corrected chi connectivity index (χ2v) is 5.36. The maximum absolute atomic E-state index is 4.60. The van der Waals surface area contributed by atoms with Gasteiger partial charge in [0.05, 0.1) is 10.7 Å². The van der Waals surface area contributed by atoms with Crippen molar-refractivity contribution < 1.29 is 0 Å². The molecule has 3 nitrogen and oxygen atoms in total. The van der Waals surface area contributed by atoms with E-state index in [9.17, 15) is 0 Å². The Balaban J connectivity index is 1.99. The van der Waals surface area contributed by atoms with Gasteiger partial charge in [0.25, 0.3) is 0 Å². The number of hydrogen-bond acceptors (Lipinski definition) is 3. The first-order chi connectivity index (χ1) is 9.03. The fourth-order valence-corrected chi connectivity index (χ4v) is 2.27. The topological polar surface area (TPSA) is 36.8 Å². The molecule has 0 amide bonds. The van der Waals surface area contributed by atoms with E-state index in [0.717, 1.165) is 22.1 Å². The van der Waals surface area contributed by atoms with Crippen molar-refractivity contribution in [1.82, 2.24) is 0 Å². The summed E-state index contributed by atoms with van der Waals surface area (Å²) < 4.78 is 0. The van der Waals surface area contributed by atoms with Gasteiger partial charge in [-0.3, -0.25) is 9.98 Å². The Morgan fingerprint density at radius 1 is 0.947 bits per heavy atom. The SMILES string of the molecule is Cc1ccccc1Nc1ccc2c(c1)=NC(C)(C)N=2. The summed E-state index contributed by atoms with van der Waals surface area (Å²) in [6.07, 6.45) is 0. The molecule has 0 bridgehead atoms. The smallest absolute Gasteiger partial charge is 0.146 e. The molecule has 1 aliphatic rings. The van der Waals surface area contributed by atoms with E-state index in [4.69, 9.17) is 0 Å². The molecule has 1 aliphatic heterocycles. The number of fused-ring (bicyclic) bond motifs is 1. The minimum atomic E-state index is -0.330. The highest BCUT2D eigenvalue weighted by molar-refractivity contribution is 5.62. The maximum atomic E-state index is 4.60. The number of para-hydroxylation sites is 1. The number of anilines is 2. The zero-order chi connectivity index (χ0) is 13.5. The van der Waals surface area contributed by atoms with E-state index >= 15 is 0 Å². The Kier molecular flexibility index (Phi) is 2.63. The van der Waals surface area contributed by atoms with Crippen molar-refractivity contribution >= 4 is 11.4 Å². The van der Waals surface area contributed by atoms with Gasteiger partial charge in [-0.2, -0.15) is 0 Å². The van der Waals surface area contributed by atoms with Crippen LogP contribution in [0, 0.1) is 6.92 Å². The third-order valence-corrected chi connectivity index (χ3v) is 3.19. The average Bonchev–Trinajstić information content (AvgIpc) is 2.65. The molecular formula is C16H17N3. The van der Waals surface area contributed by atoms with Crippen molar-refractivity contribution in [1.29, 1.82) is 0 Å². The van der Waals surface area contributed by atoms with Crippen LogP contribution in [0.25, 0.3) is 0 Å². The van der Waals surface area contributed by atoms with Gasteiger partial charge in [0.1, 0.15) is 5.66 Å². The molecule has 96 valence electrons. The standard InChI is InChI=1S/C16H17N3/c1-11-6-4-5-7-13(11)17-12-8-9-14-15(10-12)19-16(2,3)18-14/h4-10,17H,1-3H3. The summed E-state index contributed by atoms with van der Waals surface area (Å²) >= 11 is 0. The fourth-order valence-electron chi connectivity index (χ4n) is 2.27. The zero-order valence-electron chi connectivity index (χ0n) is 11.4. The first-order valence-electron chi connectivity index (χ1n) is 6.46. The number of aryl methyl sites for hydroxylation is 1. The lowest BCUT2D eigenvalue weighted by molar-refractivity contribution is 0.549. The van der Waals surface area contributed by atoms with Crippen LogP contribution in [-0.4, -0.2) is 5.66 Å². The van der Waals surface area contributed by atoms with Crippen LogP contribution < -0.4 is 16.0 Å². The fraction of sp³-hybridized carbons (Fsp3) is 0.250. The van der Waals surface area contributed by atoms with Gasteiger partial charge < -0.3 is 5.32 Å². The molecule has 3 rings (SSSR count). The summed E-state index contributed by atoms with van der Waals surface area (Å²) in [4.78, 5) is 9.16. The van der Waals surface area contributed by atoms with Crippen molar-refractivity contribution in [3.05, 3.63) is 58.7 Å². The Morgan fingerprint density at radius 2 is 1.68 bits per heavy atom. The minimum Gasteiger partial charge on any atom is -0.355 e. The Bertz CT molecular complexity index is 745.